The monoisotopic (exact) mass is 520 g/mol. The molecular weight excluding hydrogens is 500 g/mol. The van der Waals surface area contributed by atoms with Crippen molar-refractivity contribution in [2.75, 3.05) is 19.1 Å². The Morgan fingerprint density at radius 3 is 2.42 bits per heavy atom. The van der Waals surface area contributed by atoms with Gasteiger partial charge in [0, 0.05) is 10.6 Å². The highest BCUT2D eigenvalue weighted by Crippen LogP contribution is 2.45. The molecule has 36 heavy (non-hydrogen) atoms. The van der Waals surface area contributed by atoms with E-state index in [1.807, 2.05) is 25.1 Å². The predicted molar refractivity (Wildman–Crippen MR) is 140 cm³/mol. The van der Waals surface area contributed by atoms with Crippen LogP contribution < -0.4 is 14.4 Å². The summed E-state index contributed by atoms with van der Waals surface area (Å²) in [4.78, 5) is 32.8. The first-order valence-electron chi connectivity index (χ1n) is 11.0. The Balaban J connectivity index is 1.75. The Hall–Kier alpha value is -3.88. The number of Topliss-reactive ketones (excluding diaryl/α,β-unsaturated/α-hetero) is 1. The van der Waals surface area contributed by atoms with E-state index in [9.17, 15) is 14.7 Å². The van der Waals surface area contributed by atoms with Crippen LogP contribution in [-0.4, -0.2) is 36.0 Å². The number of nitrogens with zero attached hydrogens (tertiary/aromatic N) is 2. The number of aryl methyl sites for hydroxylation is 1. The summed E-state index contributed by atoms with van der Waals surface area (Å²) in [5.41, 5.74) is 2.63. The third-order valence-corrected chi connectivity index (χ3v) is 7.29. The lowest BCUT2D eigenvalue weighted by molar-refractivity contribution is -0.132. The van der Waals surface area contributed by atoms with Crippen LogP contribution in [0.25, 0.3) is 16.0 Å². The Morgan fingerprint density at radius 2 is 1.72 bits per heavy atom. The third-order valence-electron chi connectivity index (χ3n) is 6.02. The molecule has 1 fully saturated rings. The van der Waals surface area contributed by atoms with E-state index in [1.165, 1.54) is 30.5 Å². The predicted octanol–water partition coefficient (Wildman–Crippen LogP) is 5.90. The minimum absolute atomic E-state index is 0.0509. The molecule has 0 saturated carbocycles. The Morgan fingerprint density at radius 1 is 1.00 bits per heavy atom. The van der Waals surface area contributed by atoms with Gasteiger partial charge in [0.05, 0.1) is 36.1 Å². The fraction of sp³-hybridized carbons (Fsp3) is 0.148. The van der Waals surface area contributed by atoms with Gasteiger partial charge in [0.25, 0.3) is 5.78 Å². The van der Waals surface area contributed by atoms with Crippen LogP contribution >= 0.6 is 22.9 Å². The molecule has 0 unspecified atom stereocenters. The molecular formula is C27H21ClN2O5S. The minimum Gasteiger partial charge on any atom is -0.507 e. The van der Waals surface area contributed by atoms with Crippen molar-refractivity contribution >= 4 is 55.7 Å². The van der Waals surface area contributed by atoms with Crippen LogP contribution in [0, 0.1) is 6.92 Å². The van der Waals surface area contributed by atoms with E-state index >= 15 is 0 Å². The fourth-order valence-corrected chi connectivity index (χ4v) is 5.47. The van der Waals surface area contributed by atoms with E-state index in [2.05, 4.69) is 4.98 Å². The molecule has 3 aromatic carbocycles. The summed E-state index contributed by atoms with van der Waals surface area (Å²) in [6, 6.07) is 16.4. The lowest BCUT2D eigenvalue weighted by atomic mass is 9.95. The number of methoxy groups -OCH3 is 2. The molecule has 0 spiro atoms. The number of carbonyl (C=O) groups excluding carboxylic acids is 2. The Bertz CT molecular complexity index is 1540. The molecule has 7 nitrogen and oxygen atoms in total. The van der Waals surface area contributed by atoms with Crippen LogP contribution in [0.15, 0.2) is 66.2 Å². The van der Waals surface area contributed by atoms with E-state index in [0.29, 0.717) is 38.3 Å². The summed E-state index contributed by atoms with van der Waals surface area (Å²) >= 11 is 7.31. The summed E-state index contributed by atoms with van der Waals surface area (Å²) in [6.45, 7) is 1.97. The number of halogens is 1. The summed E-state index contributed by atoms with van der Waals surface area (Å²) in [5.74, 6) is -0.971. The molecule has 1 N–H and O–H groups in total. The second-order valence-corrected chi connectivity index (χ2v) is 9.70. The number of anilines is 1. The lowest BCUT2D eigenvalue weighted by Crippen LogP contribution is -2.29. The standard InChI is InChI=1S/C27H21ClN2O5S/c1-14-4-10-18-21(12-14)36-27(29-18)30-23(16-7-11-19(34-2)20(13-16)35-3)22(25(32)26(30)33)24(31)15-5-8-17(28)9-6-15/h4-13,23,31H,1-3H3/t23-/m0/s1. The lowest BCUT2D eigenvalue weighted by Gasteiger charge is -2.23. The number of ketones is 1. The molecule has 9 heteroatoms. The van der Waals surface area contributed by atoms with Gasteiger partial charge in [-0.3, -0.25) is 14.5 Å². The number of ether oxygens (including phenoxy) is 2. The Kier molecular flexibility index (Phi) is 6.15. The first kappa shape index (κ1) is 23.8. The summed E-state index contributed by atoms with van der Waals surface area (Å²) in [5, 5.41) is 12.1. The smallest absolute Gasteiger partial charge is 0.301 e. The van der Waals surface area contributed by atoms with Gasteiger partial charge in [-0.2, -0.15) is 0 Å². The van der Waals surface area contributed by atoms with Gasteiger partial charge in [-0.25, -0.2) is 4.98 Å². The first-order valence-corrected chi connectivity index (χ1v) is 12.2. The van der Waals surface area contributed by atoms with Gasteiger partial charge < -0.3 is 14.6 Å². The molecule has 1 aliphatic rings. The zero-order valence-electron chi connectivity index (χ0n) is 19.6. The summed E-state index contributed by atoms with van der Waals surface area (Å²) < 4.78 is 11.7. The summed E-state index contributed by atoms with van der Waals surface area (Å²) in [6.07, 6.45) is 0. The minimum atomic E-state index is -0.942. The van der Waals surface area contributed by atoms with E-state index < -0.39 is 17.7 Å². The van der Waals surface area contributed by atoms with Crippen LogP contribution in [0.5, 0.6) is 11.5 Å². The number of hydrogen-bond donors (Lipinski definition) is 1. The topological polar surface area (TPSA) is 89.0 Å². The zero-order chi connectivity index (χ0) is 25.6. The SMILES string of the molecule is COc1ccc([C@H]2C(=C(O)c3ccc(Cl)cc3)C(=O)C(=O)N2c2nc3ccc(C)cc3s2)cc1OC. The number of aliphatic hydroxyl groups is 1. The maximum absolute atomic E-state index is 13.4. The number of aliphatic hydroxyl groups excluding tert-OH is 1. The van der Waals surface area contributed by atoms with Gasteiger partial charge >= 0.3 is 5.91 Å². The maximum Gasteiger partial charge on any atom is 0.301 e. The van der Waals surface area contributed by atoms with Crippen molar-refractivity contribution in [3.8, 4) is 11.5 Å². The number of benzene rings is 3. The molecule has 0 radical (unpaired) electrons. The number of fused-ring (bicyclic) bond motifs is 1. The van der Waals surface area contributed by atoms with Crippen molar-refractivity contribution in [1.82, 2.24) is 4.98 Å². The second kappa shape index (κ2) is 9.29. The van der Waals surface area contributed by atoms with E-state index in [4.69, 9.17) is 21.1 Å². The molecule has 1 aromatic heterocycles. The van der Waals surface area contributed by atoms with Crippen molar-refractivity contribution in [3.05, 3.63) is 87.9 Å². The third kappa shape index (κ3) is 3.98. The highest BCUT2D eigenvalue weighted by molar-refractivity contribution is 7.22. The van der Waals surface area contributed by atoms with Crippen LogP contribution in [0.1, 0.15) is 22.7 Å². The number of aromatic nitrogens is 1. The van der Waals surface area contributed by atoms with E-state index in [1.54, 1.807) is 42.5 Å². The van der Waals surface area contributed by atoms with Crippen molar-refractivity contribution in [1.29, 1.82) is 0 Å². The van der Waals surface area contributed by atoms with Crippen molar-refractivity contribution < 1.29 is 24.2 Å². The van der Waals surface area contributed by atoms with E-state index in [0.717, 1.165) is 10.3 Å². The van der Waals surface area contributed by atoms with Crippen LogP contribution in [0.3, 0.4) is 0 Å². The molecule has 1 amide bonds. The fourth-order valence-electron chi connectivity index (χ4n) is 4.25. The molecule has 1 aliphatic heterocycles. The van der Waals surface area contributed by atoms with Crippen molar-refractivity contribution in [2.24, 2.45) is 0 Å². The largest absolute Gasteiger partial charge is 0.507 e. The van der Waals surface area contributed by atoms with Gasteiger partial charge in [0.15, 0.2) is 16.6 Å². The highest BCUT2D eigenvalue weighted by Gasteiger charge is 2.48. The molecule has 0 bridgehead atoms. The van der Waals surface area contributed by atoms with Gasteiger partial charge in [0.1, 0.15) is 5.76 Å². The maximum atomic E-state index is 13.4. The molecule has 1 saturated heterocycles. The van der Waals surface area contributed by atoms with Gasteiger partial charge in [-0.05, 0) is 66.6 Å². The number of carbonyl (C=O) groups is 2. The second-order valence-electron chi connectivity index (χ2n) is 8.26. The van der Waals surface area contributed by atoms with Crippen LogP contribution in [0.2, 0.25) is 5.02 Å². The van der Waals surface area contributed by atoms with E-state index in [-0.39, 0.29) is 11.3 Å². The molecule has 182 valence electrons. The van der Waals surface area contributed by atoms with Crippen molar-refractivity contribution in [2.45, 2.75) is 13.0 Å². The average molecular weight is 521 g/mol. The number of thiazole rings is 1. The van der Waals surface area contributed by atoms with Gasteiger partial charge in [-0.1, -0.05) is 35.1 Å². The number of amides is 1. The molecule has 0 aliphatic carbocycles. The highest BCUT2D eigenvalue weighted by atomic mass is 35.5. The normalized spacial score (nSPS) is 17.1. The van der Waals surface area contributed by atoms with Crippen LogP contribution in [-0.2, 0) is 9.59 Å². The average Bonchev–Trinajstić information content (AvgIpc) is 3.41. The van der Waals surface area contributed by atoms with Gasteiger partial charge in [-0.15, -0.1) is 0 Å². The zero-order valence-corrected chi connectivity index (χ0v) is 21.2. The molecule has 5 rings (SSSR count). The molecule has 4 aromatic rings. The number of hydrogen-bond acceptors (Lipinski definition) is 7. The first-order chi connectivity index (χ1) is 17.3. The van der Waals surface area contributed by atoms with Gasteiger partial charge in [0.2, 0.25) is 0 Å². The molecule has 2 heterocycles. The van der Waals surface area contributed by atoms with Crippen LogP contribution in [0.4, 0.5) is 5.13 Å². The van der Waals surface area contributed by atoms with Crippen molar-refractivity contribution in [3.63, 3.8) is 0 Å². The quantitative estimate of drug-likeness (QED) is 0.200. The number of rotatable bonds is 5. The summed E-state index contributed by atoms with van der Waals surface area (Å²) in [7, 11) is 3.02. The Labute approximate surface area is 216 Å². The molecule has 1 atom stereocenters.